The largest absolute Gasteiger partial charge is 0.383 e. The van der Waals surface area contributed by atoms with Crippen LogP contribution in [0.1, 0.15) is 5.56 Å². The van der Waals surface area contributed by atoms with E-state index in [2.05, 4.69) is 56.6 Å². The molecule has 4 heteroatoms. The summed E-state index contributed by atoms with van der Waals surface area (Å²) in [4.78, 5) is 5.58. The van der Waals surface area contributed by atoms with Crippen molar-refractivity contribution >= 4 is 33.4 Å². The van der Waals surface area contributed by atoms with Crippen molar-refractivity contribution in [2.75, 3.05) is 11.9 Å². The van der Waals surface area contributed by atoms with Gasteiger partial charge in [0.15, 0.2) is 0 Å². The number of hydrogen-bond acceptors (Lipinski definition) is 3. The molecule has 1 aliphatic rings. The van der Waals surface area contributed by atoms with Gasteiger partial charge in [0.2, 0.25) is 0 Å². The van der Waals surface area contributed by atoms with Crippen molar-refractivity contribution < 1.29 is 0 Å². The zero-order valence-corrected chi connectivity index (χ0v) is 12.2. The van der Waals surface area contributed by atoms with Crippen LogP contribution in [0.15, 0.2) is 52.1 Å². The standard InChI is InChI=1S/C14H13BrN2S/c15-11-6-12(8-16-7-11)17-9-13-5-10-3-1-2-4-14(10)18-13/h1-4,6-8,13,17H,5,9H2. The van der Waals surface area contributed by atoms with Crippen molar-refractivity contribution in [3.8, 4) is 0 Å². The average molecular weight is 321 g/mol. The summed E-state index contributed by atoms with van der Waals surface area (Å²) in [6.07, 6.45) is 4.80. The highest BCUT2D eigenvalue weighted by molar-refractivity contribution is 9.10. The Labute approximate surface area is 119 Å². The number of nitrogens with one attached hydrogen (secondary N) is 1. The summed E-state index contributed by atoms with van der Waals surface area (Å²) in [5.74, 6) is 0. The second kappa shape index (κ2) is 5.33. The Balaban J connectivity index is 1.60. The van der Waals surface area contributed by atoms with Crippen LogP contribution >= 0.6 is 27.7 Å². The Morgan fingerprint density at radius 1 is 1.33 bits per heavy atom. The summed E-state index contributed by atoms with van der Waals surface area (Å²) < 4.78 is 1.01. The van der Waals surface area contributed by atoms with E-state index in [0.29, 0.717) is 5.25 Å². The molecule has 1 unspecified atom stereocenters. The third kappa shape index (κ3) is 2.70. The van der Waals surface area contributed by atoms with Crippen LogP contribution in [0.25, 0.3) is 0 Å². The molecule has 1 N–H and O–H groups in total. The van der Waals surface area contributed by atoms with Gasteiger partial charge in [-0.1, -0.05) is 18.2 Å². The van der Waals surface area contributed by atoms with Gasteiger partial charge < -0.3 is 5.32 Å². The van der Waals surface area contributed by atoms with Gasteiger partial charge in [-0.25, -0.2) is 0 Å². The van der Waals surface area contributed by atoms with Gasteiger partial charge in [0.25, 0.3) is 0 Å². The first-order valence-electron chi connectivity index (χ1n) is 5.90. The zero-order valence-electron chi connectivity index (χ0n) is 9.77. The first-order valence-corrected chi connectivity index (χ1v) is 7.57. The van der Waals surface area contributed by atoms with Crippen LogP contribution in [0, 0.1) is 0 Å². The third-order valence-electron chi connectivity index (χ3n) is 2.95. The first kappa shape index (κ1) is 12.1. The molecule has 0 bridgehead atoms. The fraction of sp³-hybridized carbons (Fsp3) is 0.214. The van der Waals surface area contributed by atoms with Gasteiger partial charge in [0.05, 0.1) is 11.9 Å². The molecule has 3 rings (SSSR count). The van der Waals surface area contributed by atoms with Crippen LogP contribution in [0.3, 0.4) is 0 Å². The van der Waals surface area contributed by atoms with Crippen molar-refractivity contribution in [2.24, 2.45) is 0 Å². The minimum Gasteiger partial charge on any atom is -0.383 e. The molecular formula is C14H13BrN2S. The Morgan fingerprint density at radius 3 is 3.06 bits per heavy atom. The lowest BCUT2D eigenvalue weighted by atomic mass is 10.1. The van der Waals surface area contributed by atoms with Crippen molar-refractivity contribution in [3.05, 3.63) is 52.8 Å². The highest BCUT2D eigenvalue weighted by atomic mass is 79.9. The molecule has 2 nitrogen and oxygen atoms in total. The van der Waals surface area contributed by atoms with Gasteiger partial charge in [-0.15, -0.1) is 11.8 Å². The summed E-state index contributed by atoms with van der Waals surface area (Å²) in [7, 11) is 0. The van der Waals surface area contributed by atoms with E-state index < -0.39 is 0 Å². The molecule has 0 spiro atoms. The predicted octanol–water partition coefficient (Wildman–Crippen LogP) is 3.97. The van der Waals surface area contributed by atoms with Gasteiger partial charge in [0, 0.05) is 27.4 Å². The molecule has 1 aromatic carbocycles. The SMILES string of the molecule is Brc1cncc(NCC2Cc3ccccc3S2)c1. The second-order valence-electron chi connectivity index (χ2n) is 4.32. The molecule has 1 atom stereocenters. The monoisotopic (exact) mass is 320 g/mol. The molecule has 18 heavy (non-hydrogen) atoms. The summed E-state index contributed by atoms with van der Waals surface area (Å²) in [5, 5.41) is 4.06. The smallest absolute Gasteiger partial charge is 0.0538 e. The highest BCUT2D eigenvalue weighted by Gasteiger charge is 2.21. The summed E-state index contributed by atoms with van der Waals surface area (Å²) in [6, 6.07) is 10.7. The molecular weight excluding hydrogens is 308 g/mol. The molecule has 0 amide bonds. The fourth-order valence-corrected chi connectivity index (χ4v) is 3.72. The van der Waals surface area contributed by atoms with Crippen molar-refractivity contribution in [1.29, 1.82) is 0 Å². The van der Waals surface area contributed by atoms with Crippen LogP contribution in [-0.2, 0) is 6.42 Å². The number of anilines is 1. The van der Waals surface area contributed by atoms with E-state index in [-0.39, 0.29) is 0 Å². The number of pyridine rings is 1. The molecule has 1 aromatic heterocycles. The topological polar surface area (TPSA) is 24.9 Å². The van der Waals surface area contributed by atoms with Crippen molar-refractivity contribution in [2.45, 2.75) is 16.6 Å². The molecule has 0 fully saturated rings. The van der Waals surface area contributed by atoms with Gasteiger partial charge in [-0.2, -0.15) is 0 Å². The Morgan fingerprint density at radius 2 is 2.22 bits per heavy atom. The van der Waals surface area contributed by atoms with Crippen molar-refractivity contribution in [1.82, 2.24) is 4.98 Å². The number of thioether (sulfide) groups is 1. The van der Waals surface area contributed by atoms with Gasteiger partial charge in [0.1, 0.15) is 0 Å². The average Bonchev–Trinajstić information content (AvgIpc) is 2.79. The van der Waals surface area contributed by atoms with E-state index in [1.54, 1.807) is 6.20 Å². The van der Waals surface area contributed by atoms with E-state index in [9.17, 15) is 0 Å². The van der Waals surface area contributed by atoms with E-state index in [4.69, 9.17) is 0 Å². The van der Waals surface area contributed by atoms with Crippen LogP contribution in [0.5, 0.6) is 0 Å². The van der Waals surface area contributed by atoms with E-state index in [1.165, 1.54) is 10.5 Å². The number of halogens is 1. The fourth-order valence-electron chi connectivity index (χ4n) is 2.11. The first-order chi connectivity index (χ1) is 8.81. The predicted molar refractivity (Wildman–Crippen MR) is 80.2 cm³/mol. The Bertz CT molecular complexity index is 534. The number of fused-ring (bicyclic) bond motifs is 1. The lowest BCUT2D eigenvalue weighted by Crippen LogP contribution is -2.15. The number of hydrogen-bond donors (Lipinski definition) is 1. The number of rotatable bonds is 3. The summed E-state index contributed by atoms with van der Waals surface area (Å²) in [6.45, 7) is 0.970. The minimum absolute atomic E-state index is 0.612. The maximum absolute atomic E-state index is 4.15. The highest BCUT2D eigenvalue weighted by Crippen LogP contribution is 2.36. The third-order valence-corrected chi connectivity index (χ3v) is 4.71. The van der Waals surface area contributed by atoms with E-state index in [0.717, 1.165) is 23.1 Å². The van der Waals surface area contributed by atoms with E-state index >= 15 is 0 Å². The molecule has 92 valence electrons. The zero-order chi connectivity index (χ0) is 12.4. The molecule has 0 saturated carbocycles. The Kier molecular flexibility index (Phi) is 3.57. The van der Waals surface area contributed by atoms with Crippen LogP contribution in [-0.4, -0.2) is 16.8 Å². The molecule has 0 radical (unpaired) electrons. The van der Waals surface area contributed by atoms with Gasteiger partial charge in [-0.05, 0) is 40.0 Å². The minimum atomic E-state index is 0.612. The molecule has 0 saturated heterocycles. The number of nitrogens with zero attached hydrogens (tertiary/aromatic N) is 1. The van der Waals surface area contributed by atoms with Gasteiger partial charge in [-0.3, -0.25) is 4.98 Å². The maximum Gasteiger partial charge on any atom is 0.0538 e. The van der Waals surface area contributed by atoms with Crippen LogP contribution in [0.4, 0.5) is 5.69 Å². The number of benzene rings is 1. The summed E-state index contributed by atoms with van der Waals surface area (Å²) >= 11 is 5.40. The Hall–Kier alpha value is -1.00. The molecule has 2 aromatic rings. The maximum atomic E-state index is 4.15. The molecule has 1 aliphatic heterocycles. The van der Waals surface area contributed by atoms with Crippen LogP contribution in [0.2, 0.25) is 0 Å². The lowest BCUT2D eigenvalue weighted by Gasteiger charge is -2.11. The lowest BCUT2D eigenvalue weighted by molar-refractivity contribution is 0.898. The van der Waals surface area contributed by atoms with Crippen molar-refractivity contribution in [3.63, 3.8) is 0 Å². The number of aromatic nitrogens is 1. The quantitative estimate of drug-likeness (QED) is 0.926. The normalized spacial score (nSPS) is 17.5. The molecule has 2 heterocycles. The summed E-state index contributed by atoms with van der Waals surface area (Å²) in [5.41, 5.74) is 2.54. The van der Waals surface area contributed by atoms with E-state index in [1.807, 2.05) is 18.0 Å². The second-order valence-corrected chi connectivity index (χ2v) is 6.58. The molecule has 0 aliphatic carbocycles. The van der Waals surface area contributed by atoms with Gasteiger partial charge >= 0.3 is 0 Å². The van der Waals surface area contributed by atoms with Crippen LogP contribution < -0.4 is 5.32 Å².